The SMILES string of the molecule is CC(C)(C)c1ccc(/C=C/C(=O)c2cc(Br)ccc2OCC(N)=O)cc1. The highest BCUT2D eigenvalue weighted by Crippen LogP contribution is 2.25. The molecule has 1 amide bonds. The van der Waals surface area contributed by atoms with E-state index in [2.05, 4.69) is 48.8 Å². The first-order valence-electron chi connectivity index (χ1n) is 8.20. The van der Waals surface area contributed by atoms with E-state index in [1.54, 1.807) is 24.3 Å². The number of primary amides is 1. The van der Waals surface area contributed by atoms with E-state index in [4.69, 9.17) is 10.5 Å². The molecule has 0 atom stereocenters. The van der Waals surface area contributed by atoms with Crippen LogP contribution in [0.3, 0.4) is 0 Å². The number of nitrogens with two attached hydrogens (primary N) is 1. The van der Waals surface area contributed by atoms with Gasteiger partial charge in [0.05, 0.1) is 5.56 Å². The van der Waals surface area contributed by atoms with E-state index < -0.39 is 5.91 Å². The summed E-state index contributed by atoms with van der Waals surface area (Å²) in [6.45, 7) is 6.19. The lowest BCUT2D eigenvalue weighted by atomic mass is 9.87. The Bertz CT molecular complexity index is 833. The van der Waals surface area contributed by atoms with Gasteiger partial charge in [-0.05, 0) is 40.8 Å². The van der Waals surface area contributed by atoms with Gasteiger partial charge in [0.2, 0.25) is 0 Å². The zero-order chi connectivity index (χ0) is 19.3. The molecule has 2 N–H and O–H groups in total. The molecular formula is C21H22BrNO3. The van der Waals surface area contributed by atoms with Crippen LogP contribution in [0.2, 0.25) is 0 Å². The van der Waals surface area contributed by atoms with Crippen molar-refractivity contribution in [2.45, 2.75) is 26.2 Å². The number of amides is 1. The Kier molecular flexibility index (Phi) is 6.37. The number of carbonyl (C=O) groups excluding carboxylic acids is 2. The average Bonchev–Trinajstić information content (AvgIpc) is 2.58. The van der Waals surface area contributed by atoms with Crippen molar-refractivity contribution in [1.82, 2.24) is 0 Å². The minimum Gasteiger partial charge on any atom is -0.483 e. The smallest absolute Gasteiger partial charge is 0.255 e. The summed E-state index contributed by atoms with van der Waals surface area (Å²) in [7, 11) is 0. The van der Waals surface area contributed by atoms with Gasteiger partial charge in [-0.1, -0.05) is 67.0 Å². The minimum atomic E-state index is -0.596. The highest BCUT2D eigenvalue weighted by molar-refractivity contribution is 9.10. The van der Waals surface area contributed by atoms with E-state index >= 15 is 0 Å². The van der Waals surface area contributed by atoms with Gasteiger partial charge in [-0.2, -0.15) is 0 Å². The Morgan fingerprint density at radius 2 is 1.77 bits per heavy atom. The molecule has 2 aromatic carbocycles. The van der Waals surface area contributed by atoms with Crippen molar-refractivity contribution in [2.24, 2.45) is 5.73 Å². The number of benzene rings is 2. The van der Waals surface area contributed by atoms with Crippen LogP contribution in [-0.2, 0) is 10.2 Å². The topological polar surface area (TPSA) is 69.4 Å². The Morgan fingerprint density at radius 1 is 1.12 bits per heavy atom. The van der Waals surface area contributed by atoms with Crippen LogP contribution >= 0.6 is 15.9 Å². The van der Waals surface area contributed by atoms with Gasteiger partial charge in [-0.25, -0.2) is 0 Å². The molecule has 5 heteroatoms. The maximum Gasteiger partial charge on any atom is 0.255 e. The van der Waals surface area contributed by atoms with Crippen molar-refractivity contribution in [3.05, 3.63) is 69.7 Å². The summed E-state index contributed by atoms with van der Waals surface area (Å²) in [5.41, 5.74) is 7.71. The van der Waals surface area contributed by atoms with Crippen LogP contribution in [0.5, 0.6) is 5.75 Å². The van der Waals surface area contributed by atoms with Crippen molar-refractivity contribution in [2.75, 3.05) is 6.61 Å². The first kappa shape index (κ1) is 19.9. The van der Waals surface area contributed by atoms with Gasteiger partial charge in [0.1, 0.15) is 5.75 Å². The Morgan fingerprint density at radius 3 is 2.35 bits per heavy atom. The summed E-state index contributed by atoms with van der Waals surface area (Å²) in [5, 5.41) is 0. The molecule has 0 aliphatic rings. The van der Waals surface area contributed by atoms with E-state index in [0.29, 0.717) is 11.3 Å². The second-order valence-electron chi connectivity index (χ2n) is 6.97. The molecule has 0 fully saturated rings. The predicted octanol–water partition coefficient (Wildman–Crippen LogP) is 4.51. The van der Waals surface area contributed by atoms with Crippen LogP contribution in [0.25, 0.3) is 6.08 Å². The summed E-state index contributed by atoms with van der Waals surface area (Å²) in [6, 6.07) is 13.1. The lowest BCUT2D eigenvalue weighted by Gasteiger charge is -2.18. The number of hydrogen-bond donors (Lipinski definition) is 1. The van der Waals surface area contributed by atoms with Crippen LogP contribution in [0.15, 0.2) is 53.0 Å². The van der Waals surface area contributed by atoms with E-state index in [0.717, 1.165) is 10.0 Å². The fourth-order valence-electron chi connectivity index (χ4n) is 2.33. The Balaban J connectivity index is 2.20. The molecule has 0 aliphatic heterocycles. The third-order valence-electron chi connectivity index (χ3n) is 3.78. The summed E-state index contributed by atoms with van der Waals surface area (Å²) in [6.07, 6.45) is 3.25. The van der Waals surface area contributed by atoms with E-state index in [-0.39, 0.29) is 17.8 Å². The molecule has 0 heterocycles. The van der Waals surface area contributed by atoms with E-state index in [1.165, 1.54) is 11.6 Å². The zero-order valence-corrected chi connectivity index (χ0v) is 16.7. The van der Waals surface area contributed by atoms with Gasteiger partial charge >= 0.3 is 0 Å². The van der Waals surface area contributed by atoms with Crippen molar-refractivity contribution in [1.29, 1.82) is 0 Å². The molecule has 0 aromatic heterocycles. The van der Waals surface area contributed by atoms with Crippen LogP contribution in [0, 0.1) is 0 Å². The molecule has 136 valence electrons. The monoisotopic (exact) mass is 415 g/mol. The molecule has 0 unspecified atom stereocenters. The van der Waals surface area contributed by atoms with Crippen LogP contribution in [-0.4, -0.2) is 18.3 Å². The summed E-state index contributed by atoms with van der Waals surface area (Å²) in [4.78, 5) is 23.5. The third-order valence-corrected chi connectivity index (χ3v) is 4.27. The highest BCUT2D eigenvalue weighted by Gasteiger charge is 2.13. The minimum absolute atomic E-state index is 0.0844. The molecule has 0 radical (unpaired) electrons. The first-order valence-corrected chi connectivity index (χ1v) is 9.00. The van der Waals surface area contributed by atoms with Gasteiger partial charge in [0.15, 0.2) is 12.4 Å². The molecule has 2 aromatic rings. The fraction of sp³-hybridized carbons (Fsp3) is 0.238. The molecule has 26 heavy (non-hydrogen) atoms. The van der Waals surface area contributed by atoms with Gasteiger partial charge in [-0.3, -0.25) is 9.59 Å². The number of carbonyl (C=O) groups is 2. The number of allylic oxidation sites excluding steroid dienone is 1. The van der Waals surface area contributed by atoms with E-state index in [9.17, 15) is 9.59 Å². The van der Waals surface area contributed by atoms with Crippen LogP contribution in [0.1, 0.15) is 42.3 Å². The maximum absolute atomic E-state index is 12.6. The van der Waals surface area contributed by atoms with Crippen LogP contribution in [0.4, 0.5) is 0 Å². The summed E-state index contributed by atoms with van der Waals surface area (Å²) >= 11 is 3.34. The van der Waals surface area contributed by atoms with Gasteiger partial charge in [-0.15, -0.1) is 0 Å². The highest BCUT2D eigenvalue weighted by atomic mass is 79.9. The van der Waals surface area contributed by atoms with Gasteiger partial charge in [0.25, 0.3) is 5.91 Å². The lowest BCUT2D eigenvalue weighted by Crippen LogP contribution is -2.20. The fourth-order valence-corrected chi connectivity index (χ4v) is 2.69. The van der Waals surface area contributed by atoms with Crippen molar-refractivity contribution >= 4 is 33.7 Å². The zero-order valence-electron chi connectivity index (χ0n) is 15.1. The van der Waals surface area contributed by atoms with Crippen molar-refractivity contribution in [3.63, 3.8) is 0 Å². The van der Waals surface area contributed by atoms with Crippen LogP contribution < -0.4 is 10.5 Å². The largest absolute Gasteiger partial charge is 0.483 e. The summed E-state index contributed by atoms with van der Waals surface area (Å²) in [5.74, 6) is -0.490. The van der Waals surface area contributed by atoms with Gasteiger partial charge < -0.3 is 10.5 Å². The molecule has 0 saturated carbocycles. The number of hydrogen-bond acceptors (Lipinski definition) is 3. The average molecular weight is 416 g/mol. The molecule has 0 bridgehead atoms. The molecule has 0 saturated heterocycles. The quantitative estimate of drug-likeness (QED) is 0.557. The Hall–Kier alpha value is -2.40. The molecule has 2 rings (SSSR count). The van der Waals surface area contributed by atoms with Crippen molar-refractivity contribution < 1.29 is 14.3 Å². The molecular weight excluding hydrogens is 394 g/mol. The Labute approximate surface area is 162 Å². The van der Waals surface area contributed by atoms with Crippen molar-refractivity contribution in [3.8, 4) is 5.75 Å². The standard InChI is InChI=1S/C21H22BrNO3/c1-21(2,3)15-7-4-14(5-8-15)6-10-18(24)17-12-16(22)9-11-19(17)26-13-20(23)25/h4-12H,13H2,1-3H3,(H2,23,25)/b10-6+. The normalized spacial score (nSPS) is 11.5. The predicted molar refractivity (Wildman–Crippen MR) is 107 cm³/mol. The molecule has 0 spiro atoms. The third kappa shape index (κ3) is 5.56. The second kappa shape index (κ2) is 8.32. The number of ether oxygens (including phenoxy) is 1. The second-order valence-corrected chi connectivity index (χ2v) is 7.88. The molecule has 0 aliphatic carbocycles. The van der Waals surface area contributed by atoms with Gasteiger partial charge in [0, 0.05) is 4.47 Å². The number of ketones is 1. The molecule has 4 nitrogen and oxygen atoms in total. The lowest BCUT2D eigenvalue weighted by molar-refractivity contribution is -0.119. The number of halogens is 1. The maximum atomic E-state index is 12.6. The number of rotatable bonds is 6. The van der Waals surface area contributed by atoms with E-state index in [1.807, 2.05) is 12.1 Å². The summed E-state index contributed by atoms with van der Waals surface area (Å²) < 4.78 is 6.08. The first-order chi connectivity index (χ1) is 12.2.